The molecule has 11 heteroatoms. The number of nitrogens with zero attached hydrogens (tertiary/aromatic N) is 7. The molecule has 4 rings (SSSR count). The second-order valence-electron chi connectivity index (χ2n) is 7.87. The molecule has 11 nitrogen and oxygen atoms in total. The number of rotatable bonds is 9. The molecule has 4 heterocycles. The van der Waals surface area contributed by atoms with Crippen molar-refractivity contribution < 1.29 is 9.52 Å². The molecule has 0 aliphatic rings. The largest absolute Gasteiger partial charge is 0.619 e. The zero-order valence-corrected chi connectivity index (χ0v) is 19.5. The summed E-state index contributed by atoms with van der Waals surface area (Å²) in [4.78, 5) is 46.4. The molecule has 0 bridgehead atoms. The van der Waals surface area contributed by atoms with Gasteiger partial charge in [0.25, 0.3) is 11.5 Å². The number of likely N-dealkylation sites (N-methyl/N-ethyl adjacent to an activating group) is 1. The van der Waals surface area contributed by atoms with E-state index in [2.05, 4.69) is 20.3 Å². The third-order valence-corrected chi connectivity index (χ3v) is 5.65. The summed E-state index contributed by atoms with van der Waals surface area (Å²) in [6.07, 6.45) is 7.86. The van der Waals surface area contributed by atoms with Crippen LogP contribution < -0.4 is 15.6 Å². The van der Waals surface area contributed by atoms with Gasteiger partial charge in [0.2, 0.25) is 0 Å². The summed E-state index contributed by atoms with van der Waals surface area (Å²) in [7, 11) is 1.80. The molecule has 0 saturated carbocycles. The van der Waals surface area contributed by atoms with E-state index in [1.165, 1.54) is 29.1 Å². The summed E-state index contributed by atoms with van der Waals surface area (Å²) in [5, 5.41) is 14.9. The normalized spacial score (nSPS) is 11.9. The van der Waals surface area contributed by atoms with E-state index < -0.39 is 6.04 Å². The van der Waals surface area contributed by atoms with Crippen LogP contribution in [0.25, 0.3) is 11.0 Å². The van der Waals surface area contributed by atoms with Crippen LogP contribution in [0.3, 0.4) is 0 Å². The van der Waals surface area contributed by atoms with Gasteiger partial charge in [0.05, 0.1) is 23.5 Å². The summed E-state index contributed by atoms with van der Waals surface area (Å²) in [6.45, 7) is 2.91. The van der Waals surface area contributed by atoms with Gasteiger partial charge in [0, 0.05) is 43.8 Å². The fourth-order valence-corrected chi connectivity index (χ4v) is 3.93. The van der Waals surface area contributed by atoms with Gasteiger partial charge in [-0.1, -0.05) is 6.92 Å². The molecule has 35 heavy (non-hydrogen) atoms. The molecule has 1 unspecified atom stereocenters. The Kier molecular flexibility index (Phi) is 7.36. The average molecular weight is 475 g/mol. The van der Waals surface area contributed by atoms with Crippen molar-refractivity contribution in [1.82, 2.24) is 34.7 Å². The molecule has 1 atom stereocenters. The van der Waals surface area contributed by atoms with Crippen LogP contribution in [0.5, 0.6) is 0 Å². The molecule has 180 valence electrons. The first kappa shape index (κ1) is 23.9. The highest BCUT2D eigenvalue weighted by Crippen LogP contribution is 2.25. The molecule has 4 aromatic heterocycles. The highest BCUT2D eigenvalue weighted by Gasteiger charge is 2.29. The molecule has 0 aromatic carbocycles. The monoisotopic (exact) mass is 474 g/mol. The molecular weight excluding hydrogens is 448 g/mol. The van der Waals surface area contributed by atoms with Crippen molar-refractivity contribution in [2.75, 3.05) is 20.1 Å². The molecule has 1 amide bonds. The Bertz CT molecular complexity index is 1360. The lowest BCUT2D eigenvalue weighted by Gasteiger charge is -2.32. The number of hydrogen-bond acceptors (Lipinski definition) is 8. The highest BCUT2D eigenvalue weighted by molar-refractivity contribution is 5.94. The number of carbonyl (C=O) groups is 1. The smallest absolute Gasteiger partial charge is 0.263 e. The molecule has 0 radical (unpaired) electrons. The minimum Gasteiger partial charge on any atom is -0.619 e. The van der Waals surface area contributed by atoms with Gasteiger partial charge < -0.3 is 15.4 Å². The van der Waals surface area contributed by atoms with Gasteiger partial charge in [0.1, 0.15) is 11.6 Å². The van der Waals surface area contributed by atoms with E-state index in [1.54, 1.807) is 48.7 Å². The molecule has 0 spiro atoms. The molecule has 0 saturated heterocycles. The Morgan fingerprint density at radius 3 is 2.54 bits per heavy atom. The lowest BCUT2D eigenvalue weighted by atomic mass is 10.1. The number of fused-ring (bicyclic) bond motifs is 1. The number of pyridine rings is 2. The van der Waals surface area contributed by atoms with Gasteiger partial charge in [-0.25, -0.2) is 19.9 Å². The van der Waals surface area contributed by atoms with E-state index in [1.807, 2.05) is 6.92 Å². The zero-order valence-electron chi connectivity index (χ0n) is 19.5. The summed E-state index contributed by atoms with van der Waals surface area (Å²) in [6, 6.07) is 7.49. The van der Waals surface area contributed by atoms with E-state index in [9.17, 15) is 14.8 Å². The summed E-state index contributed by atoms with van der Waals surface area (Å²) in [5.74, 6) is 0.577. The third kappa shape index (κ3) is 5.14. The second-order valence-corrected chi connectivity index (χ2v) is 7.87. The summed E-state index contributed by atoms with van der Waals surface area (Å²) < 4.78 is 2.14. The Hall–Kier alpha value is -4.25. The van der Waals surface area contributed by atoms with Crippen LogP contribution in [0.1, 0.15) is 41.4 Å². The van der Waals surface area contributed by atoms with Crippen molar-refractivity contribution >= 4 is 16.9 Å². The number of amides is 1. The van der Waals surface area contributed by atoms with Gasteiger partial charge in [-0.3, -0.25) is 14.2 Å². The van der Waals surface area contributed by atoms with Crippen molar-refractivity contribution in [2.45, 2.75) is 25.9 Å². The fourth-order valence-electron chi connectivity index (χ4n) is 3.93. The van der Waals surface area contributed by atoms with Gasteiger partial charge in [-0.05, 0) is 31.7 Å². The quantitative estimate of drug-likeness (QED) is 0.281. The van der Waals surface area contributed by atoms with Crippen molar-refractivity contribution in [2.24, 2.45) is 0 Å². The van der Waals surface area contributed by atoms with Crippen LogP contribution in [0, 0.1) is 5.21 Å². The average Bonchev–Trinajstić information content (AvgIpc) is 2.89. The number of nitrogens with one attached hydrogen (secondary N) is 1. The summed E-state index contributed by atoms with van der Waals surface area (Å²) >= 11 is 0. The fraction of sp³-hybridized carbons (Fsp3) is 0.292. The standard InChI is InChI=1S/C24H26N8O3/c1-3-19(31(15-12-25-2)23(33)17-7-13-30(35)14-8-17)22-29-21-18(6-4-9-28-21)24(34)32(22)16-20-26-10-5-11-27-20/h4-11,13-14,19,25H,3,12,15-16H2,1-2H3. The van der Waals surface area contributed by atoms with E-state index >= 15 is 0 Å². The van der Waals surface area contributed by atoms with Gasteiger partial charge in [-0.2, -0.15) is 4.73 Å². The highest BCUT2D eigenvalue weighted by atomic mass is 16.5. The lowest BCUT2D eigenvalue weighted by Crippen LogP contribution is -2.42. The third-order valence-electron chi connectivity index (χ3n) is 5.65. The predicted octanol–water partition coefficient (Wildman–Crippen LogP) is 1.08. The van der Waals surface area contributed by atoms with Crippen molar-refractivity contribution in [3.63, 3.8) is 0 Å². The topological polar surface area (TPSA) is 133 Å². The molecule has 4 aromatic rings. The Morgan fingerprint density at radius 2 is 1.86 bits per heavy atom. The summed E-state index contributed by atoms with van der Waals surface area (Å²) in [5.41, 5.74) is 0.396. The maximum Gasteiger partial charge on any atom is 0.263 e. The van der Waals surface area contributed by atoms with E-state index in [0.717, 1.165) is 0 Å². The van der Waals surface area contributed by atoms with Crippen LogP contribution in [0.2, 0.25) is 0 Å². The van der Waals surface area contributed by atoms with Crippen LogP contribution >= 0.6 is 0 Å². The van der Waals surface area contributed by atoms with Gasteiger partial charge in [0.15, 0.2) is 18.0 Å². The minimum absolute atomic E-state index is 0.0961. The molecular formula is C24H26N8O3. The number of carbonyl (C=O) groups excluding carboxylic acids is 1. The molecule has 0 aliphatic heterocycles. The second kappa shape index (κ2) is 10.8. The van der Waals surface area contributed by atoms with E-state index in [0.29, 0.717) is 52.5 Å². The first-order valence-corrected chi connectivity index (χ1v) is 11.3. The maximum absolute atomic E-state index is 13.6. The van der Waals surface area contributed by atoms with Crippen LogP contribution in [-0.2, 0) is 6.54 Å². The van der Waals surface area contributed by atoms with Crippen molar-refractivity contribution in [1.29, 1.82) is 0 Å². The molecule has 0 fully saturated rings. The molecule has 1 N–H and O–H groups in total. The SMILES string of the molecule is CCC(c1nc2ncccc2c(=O)n1Cc1ncccn1)N(CCNC)C(=O)c1cc[n+]([O-])cc1. The first-order valence-electron chi connectivity index (χ1n) is 11.3. The Balaban J connectivity index is 1.86. The number of hydrogen-bond donors (Lipinski definition) is 1. The molecule has 0 aliphatic carbocycles. The minimum atomic E-state index is -0.543. The van der Waals surface area contributed by atoms with E-state index in [4.69, 9.17) is 4.98 Å². The zero-order chi connectivity index (χ0) is 24.8. The maximum atomic E-state index is 13.6. The number of aromatic nitrogens is 6. The van der Waals surface area contributed by atoms with Crippen LogP contribution in [-0.4, -0.2) is 55.4 Å². The predicted molar refractivity (Wildman–Crippen MR) is 128 cm³/mol. The van der Waals surface area contributed by atoms with Gasteiger partial charge >= 0.3 is 0 Å². The van der Waals surface area contributed by atoms with Gasteiger partial charge in [-0.15, -0.1) is 0 Å². The van der Waals surface area contributed by atoms with Crippen molar-refractivity contribution in [3.8, 4) is 0 Å². The van der Waals surface area contributed by atoms with Crippen LogP contribution in [0.4, 0.5) is 0 Å². The van der Waals surface area contributed by atoms with Crippen LogP contribution in [0.15, 0.2) is 66.1 Å². The first-order chi connectivity index (χ1) is 17.0. The van der Waals surface area contributed by atoms with E-state index in [-0.39, 0.29) is 18.0 Å². The Labute approximate surface area is 201 Å². The van der Waals surface area contributed by atoms with Crippen molar-refractivity contribution in [3.05, 3.63) is 94.1 Å². The lowest BCUT2D eigenvalue weighted by molar-refractivity contribution is -0.605. The Morgan fingerprint density at radius 1 is 1.14 bits per heavy atom.